The van der Waals surface area contributed by atoms with Gasteiger partial charge in [-0.25, -0.2) is 0 Å². The Morgan fingerprint density at radius 2 is 1.84 bits per heavy atom. The van der Waals surface area contributed by atoms with E-state index in [1.54, 1.807) is 7.11 Å². The second-order valence-electron chi connectivity index (χ2n) is 10.1. The van der Waals surface area contributed by atoms with E-state index >= 15 is 0 Å². The van der Waals surface area contributed by atoms with Gasteiger partial charge in [0, 0.05) is 25.4 Å². The zero-order valence-electron chi connectivity index (χ0n) is 16.5. The third-order valence-electron chi connectivity index (χ3n) is 9.31. The van der Waals surface area contributed by atoms with Crippen molar-refractivity contribution in [3.05, 3.63) is 0 Å². The van der Waals surface area contributed by atoms with Crippen molar-refractivity contribution >= 4 is 5.78 Å². The second-order valence-corrected chi connectivity index (χ2v) is 10.1. The molecular formula is C22H36O3. The first kappa shape index (κ1) is 18.0. The fraction of sp³-hybridized carbons (Fsp3) is 0.955. The number of hydrogen-bond donors (Lipinski definition) is 1. The lowest BCUT2D eigenvalue weighted by Crippen LogP contribution is -2.54. The lowest BCUT2D eigenvalue weighted by Gasteiger charge is -2.58. The van der Waals surface area contributed by atoms with Crippen molar-refractivity contribution in [3.63, 3.8) is 0 Å². The van der Waals surface area contributed by atoms with E-state index in [4.69, 9.17) is 4.74 Å². The number of methoxy groups -OCH3 is 1. The maximum absolute atomic E-state index is 12.2. The molecule has 0 aromatic heterocycles. The van der Waals surface area contributed by atoms with Crippen LogP contribution in [-0.4, -0.2) is 23.8 Å². The predicted molar refractivity (Wildman–Crippen MR) is 97.8 cm³/mol. The van der Waals surface area contributed by atoms with Gasteiger partial charge in [0.05, 0.1) is 0 Å². The van der Waals surface area contributed by atoms with Crippen LogP contribution in [0.5, 0.6) is 0 Å². The molecule has 142 valence electrons. The van der Waals surface area contributed by atoms with Gasteiger partial charge in [-0.2, -0.15) is 0 Å². The molecule has 4 aliphatic rings. The molecule has 3 heteroatoms. The molecule has 4 rings (SSSR count). The molecule has 25 heavy (non-hydrogen) atoms. The summed E-state index contributed by atoms with van der Waals surface area (Å²) in [7, 11) is 1.66. The van der Waals surface area contributed by atoms with Gasteiger partial charge >= 0.3 is 0 Å². The molecule has 0 saturated heterocycles. The Kier molecular flexibility index (Phi) is 4.35. The van der Waals surface area contributed by atoms with Crippen molar-refractivity contribution in [1.29, 1.82) is 0 Å². The van der Waals surface area contributed by atoms with E-state index in [0.29, 0.717) is 17.6 Å². The maximum atomic E-state index is 12.2. The largest absolute Gasteiger partial charge is 0.365 e. The minimum Gasteiger partial charge on any atom is -0.365 e. The molecule has 0 bridgehead atoms. The predicted octanol–water partition coefficient (Wildman–Crippen LogP) is 4.43. The third kappa shape index (κ3) is 2.56. The van der Waals surface area contributed by atoms with Crippen molar-refractivity contribution < 1.29 is 14.6 Å². The van der Waals surface area contributed by atoms with Gasteiger partial charge < -0.3 is 9.84 Å². The Morgan fingerprint density at radius 1 is 1.08 bits per heavy atom. The lowest BCUT2D eigenvalue weighted by molar-refractivity contribution is -0.259. The van der Waals surface area contributed by atoms with E-state index in [1.807, 2.05) is 6.92 Å². The Bertz CT molecular complexity index is 545. The minimum atomic E-state index is -0.912. The molecule has 0 unspecified atom stereocenters. The van der Waals surface area contributed by atoms with Gasteiger partial charge in [0.25, 0.3) is 0 Å². The zero-order valence-corrected chi connectivity index (χ0v) is 16.5. The van der Waals surface area contributed by atoms with Gasteiger partial charge in [0.15, 0.2) is 5.79 Å². The quantitative estimate of drug-likeness (QED) is 0.751. The fourth-order valence-electron chi connectivity index (χ4n) is 7.98. The number of hydrogen-bond acceptors (Lipinski definition) is 3. The van der Waals surface area contributed by atoms with E-state index in [1.165, 1.54) is 32.1 Å². The van der Waals surface area contributed by atoms with Crippen LogP contribution >= 0.6 is 0 Å². The molecule has 4 aliphatic carbocycles. The summed E-state index contributed by atoms with van der Waals surface area (Å²) in [5.74, 6) is 3.79. The highest BCUT2D eigenvalue weighted by atomic mass is 16.6. The van der Waals surface area contributed by atoms with E-state index in [2.05, 4.69) is 13.8 Å². The van der Waals surface area contributed by atoms with Crippen LogP contribution in [0.15, 0.2) is 0 Å². The average molecular weight is 349 g/mol. The van der Waals surface area contributed by atoms with E-state index in [0.717, 1.165) is 42.9 Å². The van der Waals surface area contributed by atoms with Gasteiger partial charge in [-0.1, -0.05) is 13.8 Å². The van der Waals surface area contributed by atoms with Crippen LogP contribution in [0.4, 0.5) is 0 Å². The van der Waals surface area contributed by atoms with E-state index in [-0.39, 0.29) is 11.3 Å². The SMILES string of the molecule is CO[C@]1(O)C[C@@H]2CC[C@@H]3[C@H](CC[C@]4(C)[C@@H](C(C)=O)CC[C@@H]34)[C@H]2C[C@H]1C. The number of fused-ring (bicyclic) bond motifs is 5. The Labute approximate surface area is 152 Å². The molecule has 0 aromatic carbocycles. The Hall–Kier alpha value is -0.410. The summed E-state index contributed by atoms with van der Waals surface area (Å²) in [4.78, 5) is 12.2. The van der Waals surface area contributed by atoms with E-state index in [9.17, 15) is 9.90 Å². The summed E-state index contributed by atoms with van der Waals surface area (Å²) >= 11 is 0. The fourth-order valence-corrected chi connectivity index (χ4v) is 7.98. The highest BCUT2D eigenvalue weighted by molar-refractivity contribution is 5.79. The first-order valence-electron chi connectivity index (χ1n) is 10.6. The Balaban J connectivity index is 1.56. The van der Waals surface area contributed by atoms with Crippen molar-refractivity contribution in [1.82, 2.24) is 0 Å². The van der Waals surface area contributed by atoms with Gasteiger partial charge in [-0.05, 0) is 86.9 Å². The highest BCUT2D eigenvalue weighted by Crippen LogP contribution is 2.65. The molecular weight excluding hydrogens is 312 g/mol. The maximum Gasteiger partial charge on any atom is 0.167 e. The summed E-state index contributed by atoms with van der Waals surface area (Å²) in [5, 5.41) is 10.8. The van der Waals surface area contributed by atoms with Crippen LogP contribution in [0.2, 0.25) is 0 Å². The molecule has 0 aromatic rings. The molecule has 0 heterocycles. The number of aliphatic hydroxyl groups is 1. The summed E-state index contributed by atoms with van der Waals surface area (Å²) in [5.41, 5.74) is 0.257. The van der Waals surface area contributed by atoms with Crippen molar-refractivity contribution in [2.45, 2.75) is 77.9 Å². The smallest absolute Gasteiger partial charge is 0.167 e. The van der Waals surface area contributed by atoms with Crippen LogP contribution in [0.1, 0.15) is 72.1 Å². The zero-order chi connectivity index (χ0) is 18.0. The number of ether oxygens (including phenoxy) is 1. The van der Waals surface area contributed by atoms with Crippen molar-refractivity contribution in [2.24, 2.45) is 46.8 Å². The highest BCUT2D eigenvalue weighted by Gasteiger charge is 2.59. The van der Waals surface area contributed by atoms with Crippen molar-refractivity contribution in [2.75, 3.05) is 7.11 Å². The van der Waals surface area contributed by atoms with Gasteiger partial charge in [0.1, 0.15) is 5.78 Å². The number of ketones is 1. The van der Waals surface area contributed by atoms with Crippen LogP contribution < -0.4 is 0 Å². The summed E-state index contributed by atoms with van der Waals surface area (Å²) in [6.07, 6.45) is 9.36. The molecule has 4 saturated carbocycles. The second kappa shape index (κ2) is 6.05. The minimum absolute atomic E-state index is 0.222. The molecule has 3 nitrogen and oxygen atoms in total. The van der Waals surface area contributed by atoms with Gasteiger partial charge in [-0.3, -0.25) is 4.79 Å². The first-order valence-corrected chi connectivity index (χ1v) is 10.6. The standard InChI is InChI=1S/C22H36O3/c1-13-11-18-15(12-22(13,24)25-4)5-6-17-16(18)9-10-21(3)19(14(2)23)7-8-20(17)21/h13,15-20,24H,5-12H2,1-4H3/t13-,15+,16+,17-,18+,19-,20+,21-,22-/m1/s1. The summed E-state index contributed by atoms with van der Waals surface area (Å²) in [6.45, 7) is 6.40. The van der Waals surface area contributed by atoms with Crippen LogP contribution in [0.3, 0.4) is 0 Å². The number of carbonyl (C=O) groups is 1. The first-order chi connectivity index (χ1) is 11.8. The molecule has 9 atom stereocenters. The summed E-state index contributed by atoms with van der Waals surface area (Å²) in [6, 6.07) is 0. The van der Waals surface area contributed by atoms with Gasteiger partial charge in [0.2, 0.25) is 0 Å². The monoisotopic (exact) mass is 348 g/mol. The molecule has 0 amide bonds. The van der Waals surface area contributed by atoms with E-state index < -0.39 is 5.79 Å². The lowest BCUT2D eigenvalue weighted by atomic mass is 9.48. The molecule has 0 spiro atoms. The topological polar surface area (TPSA) is 46.5 Å². The average Bonchev–Trinajstić information content (AvgIpc) is 2.93. The van der Waals surface area contributed by atoms with Crippen LogP contribution in [-0.2, 0) is 9.53 Å². The third-order valence-corrected chi connectivity index (χ3v) is 9.31. The van der Waals surface area contributed by atoms with Crippen LogP contribution in [0.25, 0.3) is 0 Å². The van der Waals surface area contributed by atoms with Gasteiger partial charge in [-0.15, -0.1) is 0 Å². The molecule has 0 radical (unpaired) electrons. The number of rotatable bonds is 2. The number of carbonyl (C=O) groups excluding carboxylic acids is 1. The normalized spacial score (nSPS) is 55.2. The number of Topliss-reactive ketones (excluding diaryl/α,β-unsaturated/α-hetero) is 1. The van der Waals surface area contributed by atoms with Crippen molar-refractivity contribution in [3.8, 4) is 0 Å². The molecule has 0 aliphatic heterocycles. The Morgan fingerprint density at radius 3 is 2.52 bits per heavy atom. The summed E-state index contributed by atoms with van der Waals surface area (Å²) < 4.78 is 5.52. The van der Waals surface area contributed by atoms with Crippen LogP contribution in [0, 0.1) is 46.8 Å². The molecule has 1 N–H and O–H groups in total. The molecule has 4 fully saturated rings.